The van der Waals surface area contributed by atoms with Crippen molar-refractivity contribution in [3.63, 3.8) is 0 Å². The van der Waals surface area contributed by atoms with E-state index in [0.717, 1.165) is 45.4 Å². The van der Waals surface area contributed by atoms with E-state index < -0.39 is 0 Å². The average molecular weight is 541 g/mol. The van der Waals surface area contributed by atoms with Crippen LogP contribution in [-0.2, 0) is 0 Å². The van der Waals surface area contributed by atoms with Crippen LogP contribution >= 0.6 is 0 Å². The number of aromatic nitrogens is 2. The molecule has 1 atom stereocenters. The van der Waals surface area contributed by atoms with E-state index in [4.69, 9.17) is 24.6 Å². The number of hydrogen-bond donors (Lipinski definition) is 1. The van der Waals surface area contributed by atoms with Crippen molar-refractivity contribution in [1.82, 2.24) is 9.78 Å². The molecule has 1 aromatic heterocycles. The zero-order valence-electron chi connectivity index (χ0n) is 22.9. The van der Waals surface area contributed by atoms with Crippen molar-refractivity contribution in [2.45, 2.75) is 13.0 Å². The van der Waals surface area contributed by atoms with Crippen LogP contribution < -0.4 is 19.7 Å². The number of hydrogen-bond acceptors (Lipinski definition) is 7. The highest BCUT2D eigenvalue weighted by Crippen LogP contribution is 2.49. The van der Waals surface area contributed by atoms with Gasteiger partial charge in [0, 0.05) is 11.3 Å². The second kappa shape index (κ2) is 9.98. The van der Waals surface area contributed by atoms with Gasteiger partial charge in [-0.1, -0.05) is 54.6 Å². The Balaban J connectivity index is 1.51. The molecular formula is C33H28N6O2. The molecule has 202 valence electrons. The highest BCUT2D eigenvalue weighted by Gasteiger charge is 2.41. The number of benzene rings is 4. The van der Waals surface area contributed by atoms with Crippen LogP contribution in [0.25, 0.3) is 5.69 Å². The first-order valence-corrected chi connectivity index (χ1v) is 13.4. The van der Waals surface area contributed by atoms with Crippen molar-refractivity contribution >= 4 is 34.6 Å². The van der Waals surface area contributed by atoms with Gasteiger partial charge in [-0.25, -0.2) is 14.7 Å². The number of nitrogens with zero attached hydrogens (tertiary/aromatic N) is 5. The van der Waals surface area contributed by atoms with Gasteiger partial charge in [0.1, 0.15) is 0 Å². The maximum absolute atomic E-state index is 5.74. The lowest BCUT2D eigenvalue weighted by Gasteiger charge is -2.40. The molecule has 0 spiro atoms. The molecule has 8 heteroatoms. The first-order valence-electron chi connectivity index (χ1n) is 13.4. The molecule has 0 bridgehead atoms. The Morgan fingerprint density at radius 3 is 2.22 bits per heavy atom. The third kappa shape index (κ3) is 4.12. The summed E-state index contributed by atoms with van der Waals surface area (Å²) >= 11 is 0. The highest BCUT2D eigenvalue weighted by molar-refractivity contribution is 6.51. The van der Waals surface area contributed by atoms with E-state index in [0.29, 0.717) is 23.2 Å². The van der Waals surface area contributed by atoms with E-state index in [-0.39, 0.29) is 6.04 Å². The van der Waals surface area contributed by atoms with Gasteiger partial charge >= 0.3 is 0 Å². The fourth-order valence-corrected chi connectivity index (χ4v) is 5.54. The molecule has 5 aromatic rings. The zero-order valence-corrected chi connectivity index (χ0v) is 22.9. The van der Waals surface area contributed by atoms with Crippen LogP contribution in [0.3, 0.4) is 0 Å². The highest BCUT2D eigenvalue weighted by atomic mass is 16.5. The Hall–Kier alpha value is -5.37. The minimum absolute atomic E-state index is 0.265. The summed E-state index contributed by atoms with van der Waals surface area (Å²) in [6.07, 6.45) is 0. The minimum Gasteiger partial charge on any atom is -0.493 e. The number of nitrogens with one attached hydrogen (secondary N) is 1. The predicted molar refractivity (Wildman–Crippen MR) is 163 cm³/mol. The number of methoxy groups -OCH3 is 2. The van der Waals surface area contributed by atoms with Gasteiger partial charge in [-0.2, -0.15) is 5.10 Å². The van der Waals surface area contributed by atoms with Gasteiger partial charge in [0.2, 0.25) is 0 Å². The Bertz CT molecular complexity index is 1810. The maximum Gasteiger partial charge on any atom is 0.179 e. The molecule has 2 aliphatic rings. The fourth-order valence-electron chi connectivity index (χ4n) is 5.54. The standard InChI is InChI=1S/C33H28N6O2/c1-21-29-30(22-18-19-27(40-2)28(20-22)41-3)38-26-17-11-10-16-25(26)35-31(34-23-12-6-4-7-13-23)33(38)36-32(29)39(37-21)24-14-8-5-9-15-24/h4-20,30H,1-3H3,(H,34,35)/t30-/m1/s1. The monoisotopic (exact) mass is 540 g/mol. The summed E-state index contributed by atoms with van der Waals surface area (Å²) in [5.41, 5.74) is 6.60. The largest absolute Gasteiger partial charge is 0.493 e. The van der Waals surface area contributed by atoms with Gasteiger partial charge in [0.15, 0.2) is 29.0 Å². The fraction of sp³-hybridized carbons (Fsp3) is 0.121. The average Bonchev–Trinajstić information content (AvgIpc) is 3.36. The van der Waals surface area contributed by atoms with Gasteiger partial charge in [-0.3, -0.25) is 0 Å². The number of fused-ring (bicyclic) bond motifs is 4. The number of ether oxygens (including phenoxy) is 2. The molecule has 0 radical (unpaired) electrons. The van der Waals surface area contributed by atoms with Crippen LogP contribution in [0, 0.1) is 6.92 Å². The van der Waals surface area contributed by atoms with E-state index >= 15 is 0 Å². The summed E-state index contributed by atoms with van der Waals surface area (Å²) in [6, 6.07) is 34.1. The van der Waals surface area contributed by atoms with Crippen molar-refractivity contribution < 1.29 is 9.47 Å². The number of rotatable bonds is 5. The first kappa shape index (κ1) is 24.7. The van der Waals surface area contributed by atoms with Crippen LogP contribution in [0.2, 0.25) is 0 Å². The summed E-state index contributed by atoms with van der Waals surface area (Å²) in [7, 11) is 3.30. The quantitative estimate of drug-likeness (QED) is 0.260. The first-order chi connectivity index (χ1) is 20.2. The molecule has 2 aliphatic heterocycles. The molecular weight excluding hydrogens is 512 g/mol. The zero-order chi connectivity index (χ0) is 27.9. The Labute approximate surface area is 238 Å². The van der Waals surface area contributed by atoms with Crippen molar-refractivity contribution in [3.8, 4) is 17.2 Å². The van der Waals surface area contributed by atoms with E-state index in [1.165, 1.54) is 0 Å². The van der Waals surface area contributed by atoms with Gasteiger partial charge in [-0.05, 0) is 61.0 Å². The molecule has 0 amide bonds. The van der Waals surface area contributed by atoms with E-state index in [2.05, 4.69) is 22.3 Å². The molecule has 3 heterocycles. The Morgan fingerprint density at radius 1 is 0.756 bits per heavy atom. The summed E-state index contributed by atoms with van der Waals surface area (Å²) in [5, 5.41) is 8.54. The van der Waals surface area contributed by atoms with Gasteiger partial charge < -0.3 is 19.7 Å². The normalized spacial score (nSPS) is 15.2. The predicted octanol–water partition coefficient (Wildman–Crippen LogP) is 6.99. The number of anilines is 2. The molecule has 1 N–H and O–H groups in total. The van der Waals surface area contributed by atoms with Crippen LogP contribution in [0.5, 0.6) is 11.5 Å². The maximum atomic E-state index is 5.74. The third-order valence-corrected chi connectivity index (χ3v) is 7.40. The molecule has 41 heavy (non-hydrogen) atoms. The number of aliphatic imine (C=N–C) groups is 2. The SMILES string of the molecule is COc1ccc([C@@H]2c3c(C)nn(-c4ccccc4)c3N=C3C(Nc4ccccc4)=Nc4ccccc4N32)cc1OC. The van der Waals surface area contributed by atoms with Gasteiger partial charge in [0.25, 0.3) is 0 Å². The minimum atomic E-state index is -0.265. The molecule has 0 aliphatic carbocycles. The van der Waals surface area contributed by atoms with Crippen LogP contribution in [0.15, 0.2) is 113 Å². The number of amidine groups is 2. The lowest BCUT2D eigenvalue weighted by Crippen LogP contribution is -2.46. The molecule has 8 nitrogen and oxygen atoms in total. The van der Waals surface area contributed by atoms with Crippen molar-refractivity contribution in [3.05, 3.63) is 120 Å². The van der Waals surface area contributed by atoms with Crippen molar-refractivity contribution in [1.29, 1.82) is 0 Å². The molecule has 7 rings (SSSR count). The van der Waals surface area contributed by atoms with E-state index in [1.807, 2.05) is 103 Å². The summed E-state index contributed by atoms with van der Waals surface area (Å²) < 4.78 is 13.2. The lowest BCUT2D eigenvalue weighted by atomic mass is 9.93. The lowest BCUT2D eigenvalue weighted by molar-refractivity contribution is 0.354. The Kier molecular flexibility index (Phi) is 6.00. The molecule has 0 saturated carbocycles. The van der Waals surface area contributed by atoms with E-state index in [9.17, 15) is 0 Å². The molecule has 4 aromatic carbocycles. The van der Waals surface area contributed by atoms with Crippen LogP contribution in [-0.4, -0.2) is 35.7 Å². The van der Waals surface area contributed by atoms with Crippen molar-refractivity contribution in [2.75, 3.05) is 24.4 Å². The van der Waals surface area contributed by atoms with Gasteiger partial charge in [-0.15, -0.1) is 0 Å². The molecule has 0 saturated heterocycles. The smallest absolute Gasteiger partial charge is 0.179 e. The third-order valence-electron chi connectivity index (χ3n) is 7.40. The van der Waals surface area contributed by atoms with E-state index in [1.54, 1.807) is 14.2 Å². The number of para-hydroxylation sites is 4. The topological polar surface area (TPSA) is 76.3 Å². The summed E-state index contributed by atoms with van der Waals surface area (Å²) in [5.74, 6) is 3.46. The molecule has 0 unspecified atom stereocenters. The van der Waals surface area contributed by atoms with Gasteiger partial charge in [0.05, 0.1) is 43.0 Å². The van der Waals surface area contributed by atoms with Crippen LogP contribution in [0.4, 0.5) is 22.9 Å². The van der Waals surface area contributed by atoms with Crippen LogP contribution in [0.1, 0.15) is 22.9 Å². The second-order valence-corrected chi connectivity index (χ2v) is 9.83. The summed E-state index contributed by atoms with van der Waals surface area (Å²) in [6.45, 7) is 2.04. The Morgan fingerprint density at radius 2 is 1.46 bits per heavy atom. The van der Waals surface area contributed by atoms with Crippen molar-refractivity contribution in [2.24, 2.45) is 9.98 Å². The molecule has 0 fully saturated rings. The second-order valence-electron chi connectivity index (χ2n) is 9.83. The summed E-state index contributed by atoms with van der Waals surface area (Å²) in [4.78, 5) is 12.6. The number of aryl methyl sites for hydroxylation is 1.